The van der Waals surface area contributed by atoms with Crippen LogP contribution in [0.15, 0.2) is 53.4 Å². The third-order valence-corrected chi connectivity index (χ3v) is 6.69. The molecule has 27 heavy (non-hydrogen) atoms. The fraction of sp³-hybridized carbons (Fsp3) is 0.316. The minimum atomic E-state index is -3.84. The summed E-state index contributed by atoms with van der Waals surface area (Å²) in [6, 6.07) is 11.3. The molecule has 1 fully saturated rings. The maximum Gasteiger partial charge on any atom is 0.243 e. The van der Waals surface area contributed by atoms with Gasteiger partial charge in [-0.25, -0.2) is 12.8 Å². The molecule has 8 heteroatoms. The summed E-state index contributed by atoms with van der Waals surface area (Å²) < 4.78 is 39.9. The molecule has 0 radical (unpaired) electrons. The van der Waals surface area contributed by atoms with Gasteiger partial charge in [0.2, 0.25) is 15.9 Å². The lowest BCUT2D eigenvalue weighted by molar-refractivity contribution is -0.124. The highest BCUT2D eigenvalue weighted by molar-refractivity contribution is 7.89. The molecule has 0 bridgehead atoms. The van der Waals surface area contributed by atoms with Crippen LogP contribution in [0, 0.1) is 5.82 Å². The molecule has 1 amide bonds. The fourth-order valence-corrected chi connectivity index (χ4v) is 5.04. The Balaban J connectivity index is 1.64. The van der Waals surface area contributed by atoms with E-state index in [0.29, 0.717) is 30.8 Å². The van der Waals surface area contributed by atoms with Gasteiger partial charge >= 0.3 is 0 Å². The third kappa shape index (κ3) is 4.66. The van der Waals surface area contributed by atoms with Gasteiger partial charge in [0.15, 0.2) is 0 Å². The SMILES string of the molecule is O=C(NCCc1cccc(Cl)c1)C1CCCN1S(=O)(=O)c1ccc(F)cc1. The van der Waals surface area contributed by atoms with Crippen molar-refractivity contribution in [2.45, 2.75) is 30.2 Å². The summed E-state index contributed by atoms with van der Waals surface area (Å²) in [6.07, 6.45) is 1.67. The van der Waals surface area contributed by atoms with E-state index >= 15 is 0 Å². The van der Waals surface area contributed by atoms with Crippen LogP contribution >= 0.6 is 11.6 Å². The molecule has 1 heterocycles. The van der Waals surface area contributed by atoms with Gasteiger partial charge in [-0.15, -0.1) is 0 Å². The maximum atomic E-state index is 13.1. The fourth-order valence-electron chi connectivity index (χ4n) is 3.17. The number of carbonyl (C=O) groups excluding carboxylic acids is 1. The van der Waals surface area contributed by atoms with Crippen molar-refractivity contribution >= 4 is 27.5 Å². The second kappa shape index (κ2) is 8.37. The summed E-state index contributed by atoms with van der Waals surface area (Å²) in [7, 11) is -3.84. The Bertz CT molecular complexity index is 919. The second-order valence-electron chi connectivity index (χ2n) is 6.40. The number of rotatable bonds is 6. The zero-order valence-electron chi connectivity index (χ0n) is 14.6. The van der Waals surface area contributed by atoms with Gasteiger partial charge in [0.25, 0.3) is 0 Å². The van der Waals surface area contributed by atoms with E-state index in [1.54, 1.807) is 6.07 Å². The third-order valence-electron chi connectivity index (χ3n) is 4.53. The Morgan fingerprint density at radius 3 is 2.67 bits per heavy atom. The second-order valence-corrected chi connectivity index (χ2v) is 8.73. The first-order valence-electron chi connectivity index (χ1n) is 8.67. The minimum absolute atomic E-state index is 0.0115. The van der Waals surface area contributed by atoms with Gasteiger partial charge in [-0.05, 0) is 61.2 Å². The van der Waals surface area contributed by atoms with Crippen LogP contribution in [-0.4, -0.2) is 37.8 Å². The summed E-state index contributed by atoms with van der Waals surface area (Å²) in [5.41, 5.74) is 0.991. The lowest BCUT2D eigenvalue weighted by Gasteiger charge is -2.23. The van der Waals surface area contributed by atoms with Crippen molar-refractivity contribution in [3.8, 4) is 0 Å². The number of nitrogens with one attached hydrogen (secondary N) is 1. The number of hydrogen-bond acceptors (Lipinski definition) is 3. The summed E-state index contributed by atoms with van der Waals surface area (Å²) >= 11 is 5.94. The van der Waals surface area contributed by atoms with Gasteiger partial charge < -0.3 is 5.32 Å². The zero-order valence-corrected chi connectivity index (χ0v) is 16.1. The molecule has 0 saturated carbocycles. The zero-order chi connectivity index (χ0) is 19.4. The number of amides is 1. The molecular formula is C19H20ClFN2O3S. The van der Waals surface area contributed by atoms with Gasteiger partial charge in [0.05, 0.1) is 4.90 Å². The standard InChI is InChI=1S/C19H20ClFN2O3S/c20-15-4-1-3-14(13-15)10-11-22-19(24)18-5-2-12-23(18)27(25,26)17-8-6-16(21)7-9-17/h1,3-4,6-9,13,18H,2,5,10-12H2,(H,22,24). The van der Waals surface area contributed by atoms with Crippen LogP contribution in [0.1, 0.15) is 18.4 Å². The number of halogens is 2. The van der Waals surface area contributed by atoms with Crippen LogP contribution in [0.5, 0.6) is 0 Å². The summed E-state index contributed by atoms with van der Waals surface area (Å²) in [5.74, 6) is -0.828. The smallest absolute Gasteiger partial charge is 0.243 e. The predicted molar refractivity (Wildman–Crippen MR) is 101 cm³/mol. The molecule has 5 nitrogen and oxygen atoms in total. The topological polar surface area (TPSA) is 66.5 Å². The molecule has 144 valence electrons. The molecule has 0 spiro atoms. The lowest BCUT2D eigenvalue weighted by Crippen LogP contribution is -2.46. The molecule has 2 aromatic rings. The van der Waals surface area contributed by atoms with Gasteiger partial charge in [-0.3, -0.25) is 4.79 Å². The summed E-state index contributed by atoms with van der Waals surface area (Å²) in [4.78, 5) is 12.5. The van der Waals surface area contributed by atoms with Crippen molar-refractivity contribution in [1.29, 1.82) is 0 Å². The molecule has 0 aromatic heterocycles. The normalized spacial score (nSPS) is 17.8. The van der Waals surface area contributed by atoms with E-state index in [9.17, 15) is 17.6 Å². The van der Waals surface area contributed by atoms with E-state index in [2.05, 4.69) is 5.32 Å². The van der Waals surface area contributed by atoms with Crippen molar-refractivity contribution in [3.63, 3.8) is 0 Å². The maximum absolute atomic E-state index is 13.1. The average Bonchev–Trinajstić information content (AvgIpc) is 3.13. The molecule has 1 aliphatic rings. The van der Waals surface area contributed by atoms with Crippen molar-refractivity contribution in [2.75, 3.05) is 13.1 Å². The summed E-state index contributed by atoms with van der Waals surface area (Å²) in [5, 5.41) is 3.44. The number of carbonyl (C=O) groups is 1. The van der Waals surface area contributed by atoms with E-state index in [1.165, 1.54) is 16.4 Å². The van der Waals surface area contributed by atoms with Crippen LogP contribution < -0.4 is 5.32 Å². The monoisotopic (exact) mass is 410 g/mol. The Kier molecular flexibility index (Phi) is 6.14. The average molecular weight is 411 g/mol. The van der Waals surface area contributed by atoms with Crippen molar-refractivity contribution < 1.29 is 17.6 Å². The van der Waals surface area contributed by atoms with Gasteiger partial charge in [0.1, 0.15) is 11.9 Å². The molecule has 3 rings (SSSR count). The lowest BCUT2D eigenvalue weighted by atomic mass is 10.1. The highest BCUT2D eigenvalue weighted by Crippen LogP contribution is 2.26. The van der Waals surface area contributed by atoms with Gasteiger partial charge in [-0.1, -0.05) is 23.7 Å². The predicted octanol–water partition coefficient (Wildman–Crippen LogP) is 2.99. The van der Waals surface area contributed by atoms with Crippen LogP contribution in [-0.2, 0) is 21.2 Å². The first kappa shape index (κ1) is 19.8. The Morgan fingerprint density at radius 1 is 1.22 bits per heavy atom. The highest BCUT2D eigenvalue weighted by atomic mass is 35.5. The minimum Gasteiger partial charge on any atom is -0.354 e. The first-order valence-corrected chi connectivity index (χ1v) is 10.5. The molecule has 1 N–H and O–H groups in total. The first-order chi connectivity index (χ1) is 12.9. The number of benzene rings is 2. The molecular weight excluding hydrogens is 391 g/mol. The summed E-state index contributed by atoms with van der Waals surface area (Å²) in [6.45, 7) is 0.659. The Hall–Kier alpha value is -1.96. The molecule has 1 aliphatic heterocycles. The molecule has 2 aromatic carbocycles. The number of nitrogens with zero attached hydrogens (tertiary/aromatic N) is 1. The molecule has 1 atom stereocenters. The van der Waals surface area contributed by atoms with E-state index in [-0.39, 0.29) is 17.3 Å². The molecule has 1 saturated heterocycles. The van der Waals surface area contributed by atoms with E-state index in [1.807, 2.05) is 18.2 Å². The molecule has 0 aliphatic carbocycles. The number of sulfonamides is 1. The van der Waals surface area contributed by atoms with Crippen molar-refractivity contribution in [1.82, 2.24) is 9.62 Å². The van der Waals surface area contributed by atoms with Crippen LogP contribution in [0.25, 0.3) is 0 Å². The van der Waals surface area contributed by atoms with E-state index in [4.69, 9.17) is 11.6 Å². The van der Waals surface area contributed by atoms with E-state index < -0.39 is 21.9 Å². The Morgan fingerprint density at radius 2 is 1.96 bits per heavy atom. The highest BCUT2D eigenvalue weighted by Gasteiger charge is 2.39. The van der Waals surface area contributed by atoms with Crippen molar-refractivity contribution in [2.24, 2.45) is 0 Å². The van der Waals surface area contributed by atoms with Crippen LogP contribution in [0.4, 0.5) is 4.39 Å². The number of hydrogen-bond donors (Lipinski definition) is 1. The molecule has 1 unspecified atom stereocenters. The van der Waals surface area contributed by atoms with Crippen LogP contribution in [0.3, 0.4) is 0 Å². The largest absolute Gasteiger partial charge is 0.354 e. The Labute approximate surface area is 163 Å². The van der Waals surface area contributed by atoms with Gasteiger partial charge in [-0.2, -0.15) is 4.31 Å². The quantitative estimate of drug-likeness (QED) is 0.796. The van der Waals surface area contributed by atoms with E-state index in [0.717, 1.165) is 17.7 Å². The van der Waals surface area contributed by atoms with Crippen LogP contribution in [0.2, 0.25) is 5.02 Å². The van der Waals surface area contributed by atoms with Gasteiger partial charge in [0, 0.05) is 18.1 Å². The van der Waals surface area contributed by atoms with Crippen molar-refractivity contribution in [3.05, 3.63) is 64.9 Å².